The van der Waals surface area contributed by atoms with E-state index < -0.39 is 0 Å². The third-order valence-corrected chi connectivity index (χ3v) is 5.79. The van der Waals surface area contributed by atoms with Crippen molar-refractivity contribution >= 4 is 11.8 Å². The second-order valence-corrected chi connectivity index (χ2v) is 7.85. The van der Waals surface area contributed by atoms with Crippen molar-refractivity contribution in [3.8, 4) is 0 Å². The molecule has 0 spiro atoms. The topological polar surface area (TPSA) is 43.9 Å². The maximum absolute atomic E-state index is 13.0. The van der Waals surface area contributed by atoms with E-state index in [1.54, 1.807) is 4.90 Å². The van der Waals surface area contributed by atoms with Crippen LogP contribution in [0, 0.1) is 11.7 Å². The molecule has 0 unspecified atom stereocenters. The van der Waals surface area contributed by atoms with Crippen LogP contribution in [0.3, 0.4) is 0 Å². The number of benzene rings is 1. The van der Waals surface area contributed by atoms with Gasteiger partial charge in [0.15, 0.2) is 0 Å². The smallest absolute Gasteiger partial charge is 0.253 e. The summed E-state index contributed by atoms with van der Waals surface area (Å²) in [5.41, 5.74) is 0.508. The summed E-state index contributed by atoms with van der Waals surface area (Å²) in [6, 6.07) is 5.66. The first-order valence-electron chi connectivity index (χ1n) is 10.0. The first kappa shape index (κ1) is 19.8. The molecule has 0 bridgehead atoms. The fourth-order valence-corrected chi connectivity index (χ4v) is 4.05. The van der Waals surface area contributed by atoms with Crippen molar-refractivity contribution in [2.24, 2.45) is 5.92 Å². The van der Waals surface area contributed by atoms with Gasteiger partial charge in [0.05, 0.1) is 6.54 Å². The highest BCUT2D eigenvalue weighted by atomic mass is 19.1. The van der Waals surface area contributed by atoms with E-state index in [4.69, 9.17) is 0 Å². The van der Waals surface area contributed by atoms with Gasteiger partial charge in [0.1, 0.15) is 5.82 Å². The number of amides is 2. The first-order valence-corrected chi connectivity index (χ1v) is 10.0. The lowest BCUT2D eigenvalue weighted by Crippen LogP contribution is -2.51. The van der Waals surface area contributed by atoms with Crippen LogP contribution in [0.5, 0.6) is 0 Å². The molecule has 1 aliphatic heterocycles. The van der Waals surface area contributed by atoms with Gasteiger partial charge in [-0.25, -0.2) is 4.39 Å². The van der Waals surface area contributed by atoms with Gasteiger partial charge in [-0.05, 0) is 43.0 Å². The molecule has 3 rings (SSSR count). The summed E-state index contributed by atoms with van der Waals surface area (Å²) in [6.45, 7) is 3.85. The van der Waals surface area contributed by atoms with E-state index in [-0.39, 0.29) is 17.6 Å². The number of halogens is 1. The Kier molecular flexibility index (Phi) is 6.83. The molecule has 1 saturated carbocycles. The Morgan fingerprint density at radius 1 is 1.04 bits per heavy atom. The van der Waals surface area contributed by atoms with Crippen molar-refractivity contribution < 1.29 is 14.0 Å². The summed E-state index contributed by atoms with van der Waals surface area (Å²) in [5.74, 6) is 0.402. The van der Waals surface area contributed by atoms with Crippen LogP contribution in [0.15, 0.2) is 24.3 Å². The van der Waals surface area contributed by atoms with E-state index in [0.717, 1.165) is 6.54 Å². The Hall–Kier alpha value is -1.95. The molecule has 1 aromatic rings. The average molecular weight is 375 g/mol. The SMILES string of the molecule is CN(CC1CCCCC1)C(=O)CN1CCN(C(=O)c2ccc(F)cc2)CC1. The second kappa shape index (κ2) is 9.31. The summed E-state index contributed by atoms with van der Waals surface area (Å²) >= 11 is 0. The summed E-state index contributed by atoms with van der Waals surface area (Å²) in [4.78, 5) is 30.8. The number of carbonyl (C=O) groups excluding carboxylic acids is 2. The number of piperazine rings is 1. The van der Waals surface area contributed by atoms with Gasteiger partial charge in [-0.15, -0.1) is 0 Å². The zero-order valence-electron chi connectivity index (χ0n) is 16.2. The highest BCUT2D eigenvalue weighted by Crippen LogP contribution is 2.24. The van der Waals surface area contributed by atoms with Crippen LogP contribution in [0.25, 0.3) is 0 Å². The molecule has 2 aliphatic rings. The van der Waals surface area contributed by atoms with Gasteiger partial charge in [-0.3, -0.25) is 14.5 Å². The molecule has 1 aliphatic carbocycles. The molecule has 27 heavy (non-hydrogen) atoms. The molecule has 5 nitrogen and oxygen atoms in total. The molecule has 0 atom stereocenters. The maximum Gasteiger partial charge on any atom is 0.253 e. The van der Waals surface area contributed by atoms with Crippen molar-refractivity contribution in [1.82, 2.24) is 14.7 Å². The molecule has 2 amide bonds. The molecule has 2 fully saturated rings. The Morgan fingerprint density at radius 2 is 1.67 bits per heavy atom. The van der Waals surface area contributed by atoms with Crippen molar-refractivity contribution in [1.29, 1.82) is 0 Å². The van der Waals surface area contributed by atoms with Gasteiger partial charge < -0.3 is 9.80 Å². The predicted octanol–water partition coefficient (Wildman–Crippen LogP) is 2.62. The second-order valence-electron chi connectivity index (χ2n) is 7.85. The number of nitrogens with zero attached hydrogens (tertiary/aromatic N) is 3. The lowest BCUT2D eigenvalue weighted by atomic mass is 9.89. The van der Waals surface area contributed by atoms with Crippen LogP contribution in [-0.4, -0.2) is 72.8 Å². The van der Waals surface area contributed by atoms with E-state index in [1.807, 2.05) is 11.9 Å². The highest BCUT2D eigenvalue weighted by molar-refractivity contribution is 5.94. The van der Waals surface area contributed by atoms with Gasteiger partial charge in [0, 0.05) is 45.3 Å². The van der Waals surface area contributed by atoms with Crippen molar-refractivity contribution in [3.05, 3.63) is 35.6 Å². The Labute approximate surface area is 161 Å². The van der Waals surface area contributed by atoms with Gasteiger partial charge in [0.2, 0.25) is 5.91 Å². The molecule has 1 heterocycles. The number of likely N-dealkylation sites (N-methyl/N-ethyl adjacent to an activating group) is 1. The molecule has 0 N–H and O–H groups in total. The summed E-state index contributed by atoms with van der Waals surface area (Å²) in [5, 5.41) is 0. The number of carbonyl (C=O) groups is 2. The third-order valence-electron chi connectivity index (χ3n) is 5.79. The zero-order valence-corrected chi connectivity index (χ0v) is 16.2. The molecule has 148 valence electrons. The zero-order chi connectivity index (χ0) is 19.2. The van der Waals surface area contributed by atoms with Crippen LogP contribution < -0.4 is 0 Å². The van der Waals surface area contributed by atoms with E-state index in [0.29, 0.717) is 44.2 Å². The van der Waals surface area contributed by atoms with E-state index >= 15 is 0 Å². The van der Waals surface area contributed by atoms with Crippen molar-refractivity contribution in [2.75, 3.05) is 46.3 Å². The van der Waals surface area contributed by atoms with E-state index in [9.17, 15) is 14.0 Å². The highest BCUT2D eigenvalue weighted by Gasteiger charge is 2.25. The van der Waals surface area contributed by atoms with Crippen LogP contribution in [0.1, 0.15) is 42.5 Å². The van der Waals surface area contributed by atoms with Crippen LogP contribution in [0.2, 0.25) is 0 Å². The molecule has 0 aromatic heterocycles. The summed E-state index contributed by atoms with van der Waals surface area (Å²) in [6.07, 6.45) is 6.38. The normalized spacial score (nSPS) is 19.1. The monoisotopic (exact) mass is 375 g/mol. The number of hydrogen-bond acceptors (Lipinski definition) is 3. The molecule has 1 aromatic carbocycles. The Bertz CT molecular complexity index is 635. The Morgan fingerprint density at radius 3 is 2.30 bits per heavy atom. The summed E-state index contributed by atoms with van der Waals surface area (Å²) < 4.78 is 13.0. The minimum atomic E-state index is -0.341. The minimum Gasteiger partial charge on any atom is -0.344 e. The van der Waals surface area contributed by atoms with Gasteiger partial charge in [0.25, 0.3) is 5.91 Å². The van der Waals surface area contributed by atoms with Crippen molar-refractivity contribution in [2.45, 2.75) is 32.1 Å². The van der Waals surface area contributed by atoms with Crippen LogP contribution >= 0.6 is 0 Å². The van der Waals surface area contributed by atoms with Crippen LogP contribution in [-0.2, 0) is 4.79 Å². The molecule has 6 heteroatoms. The number of hydrogen-bond donors (Lipinski definition) is 0. The van der Waals surface area contributed by atoms with Gasteiger partial charge in [-0.1, -0.05) is 19.3 Å². The lowest BCUT2D eigenvalue weighted by Gasteiger charge is -2.35. The molecule has 1 saturated heterocycles. The first-order chi connectivity index (χ1) is 13.0. The largest absolute Gasteiger partial charge is 0.344 e. The van der Waals surface area contributed by atoms with E-state index in [2.05, 4.69) is 4.90 Å². The van der Waals surface area contributed by atoms with Crippen molar-refractivity contribution in [3.63, 3.8) is 0 Å². The molecular formula is C21H30FN3O2. The third kappa shape index (κ3) is 5.51. The minimum absolute atomic E-state index is 0.0737. The molecular weight excluding hydrogens is 345 g/mol. The quantitative estimate of drug-likeness (QED) is 0.795. The average Bonchev–Trinajstić information content (AvgIpc) is 2.69. The Balaban J connectivity index is 1.42. The van der Waals surface area contributed by atoms with Gasteiger partial charge in [-0.2, -0.15) is 0 Å². The fraction of sp³-hybridized carbons (Fsp3) is 0.619. The standard InChI is InChI=1S/C21H30FN3O2/c1-23(15-17-5-3-2-4-6-17)20(26)16-24-11-13-25(14-12-24)21(27)18-7-9-19(22)10-8-18/h7-10,17H,2-6,11-16H2,1H3. The predicted molar refractivity (Wildman–Crippen MR) is 103 cm³/mol. The van der Waals surface area contributed by atoms with Crippen LogP contribution in [0.4, 0.5) is 4.39 Å². The molecule has 0 radical (unpaired) electrons. The van der Waals surface area contributed by atoms with Gasteiger partial charge >= 0.3 is 0 Å². The maximum atomic E-state index is 13.0. The fourth-order valence-electron chi connectivity index (χ4n) is 4.05. The number of rotatable bonds is 5. The van der Waals surface area contributed by atoms with E-state index in [1.165, 1.54) is 56.4 Å². The summed E-state index contributed by atoms with van der Waals surface area (Å²) in [7, 11) is 1.91. The lowest BCUT2D eigenvalue weighted by molar-refractivity contribution is -0.132.